The first kappa shape index (κ1) is 29.6. The lowest BCUT2D eigenvalue weighted by molar-refractivity contribution is 0.332. The van der Waals surface area contributed by atoms with Crippen LogP contribution in [0.15, 0.2) is 158 Å². The molecule has 0 unspecified atom stereocenters. The molecule has 1 aliphatic rings. The van der Waals surface area contributed by atoms with Crippen LogP contribution < -0.4 is 9.80 Å². The van der Waals surface area contributed by atoms with Crippen LogP contribution >= 0.6 is 0 Å². The van der Waals surface area contributed by atoms with Gasteiger partial charge in [0, 0.05) is 34.0 Å². The van der Waals surface area contributed by atoms with Crippen LogP contribution in [0.3, 0.4) is 0 Å². The second-order valence-corrected chi connectivity index (χ2v) is 13.7. The zero-order valence-electron chi connectivity index (χ0n) is 27.3. The van der Waals surface area contributed by atoms with E-state index in [1.807, 2.05) is 0 Å². The highest BCUT2D eigenvalue weighted by atomic mass is 15.2. The van der Waals surface area contributed by atoms with Gasteiger partial charge in [-0.1, -0.05) is 119 Å². The molecule has 0 radical (unpaired) electrons. The lowest BCUT2D eigenvalue weighted by Gasteiger charge is -2.42. The number of para-hydroxylation sites is 4. The van der Waals surface area contributed by atoms with Crippen molar-refractivity contribution < 1.29 is 0 Å². The number of anilines is 6. The number of fused-ring (bicyclic) bond motifs is 1. The average molecular weight is 599 g/mol. The molecular weight excluding hydrogens is 556 g/mol. The summed E-state index contributed by atoms with van der Waals surface area (Å²) >= 11 is 0. The summed E-state index contributed by atoms with van der Waals surface area (Å²) in [5.41, 5.74) is 12.5. The van der Waals surface area contributed by atoms with E-state index < -0.39 is 0 Å². The fraction of sp³-hybridized carbons (Fsp3) is 0.182. The fourth-order valence-electron chi connectivity index (χ4n) is 7.05. The Morgan fingerprint density at radius 1 is 0.391 bits per heavy atom. The largest absolute Gasteiger partial charge is 0.310 e. The third kappa shape index (κ3) is 5.61. The third-order valence-electron chi connectivity index (χ3n) is 9.70. The lowest BCUT2D eigenvalue weighted by Crippen LogP contribution is -2.34. The van der Waals surface area contributed by atoms with Crippen LogP contribution in [-0.4, -0.2) is 0 Å². The predicted molar refractivity (Wildman–Crippen MR) is 197 cm³/mol. The minimum atomic E-state index is 0.120. The number of benzene rings is 6. The molecule has 0 N–H and O–H groups in total. The Kier molecular flexibility index (Phi) is 7.74. The van der Waals surface area contributed by atoms with E-state index in [1.165, 1.54) is 40.8 Å². The van der Waals surface area contributed by atoms with Crippen molar-refractivity contribution in [3.8, 4) is 11.1 Å². The Morgan fingerprint density at radius 2 is 0.870 bits per heavy atom. The van der Waals surface area contributed by atoms with Crippen molar-refractivity contribution >= 4 is 34.1 Å². The number of hydrogen-bond acceptors (Lipinski definition) is 2. The summed E-state index contributed by atoms with van der Waals surface area (Å²) < 4.78 is 0. The molecule has 0 bridgehead atoms. The predicted octanol–water partition coefficient (Wildman–Crippen LogP) is 12.6. The topological polar surface area (TPSA) is 6.48 Å². The second kappa shape index (κ2) is 12.0. The average Bonchev–Trinajstić information content (AvgIpc) is 3.09. The van der Waals surface area contributed by atoms with Gasteiger partial charge in [0.1, 0.15) is 0 Å². The quantitative estimate of drug-likeness (QED) is 0.180. The van der Waals surface area contributed by atoms with E-state index in [1.54, 1.807) is 0 Å². The van der Waals surface area contributed by atoms with Crippen LogP contribution in [0, 0.1) is 0 Å². The third-order valence-corrected chi connectivity index (χ3v) is 9.70. The van der Waals surface area contributed by atoms with Gasteiger partial charge in [-0.3, -0.25) is 0 Å². The minimum Gasteiger partial charge on any atom is -0.310 e. The summed E-state index contributed by atoms with van der Waals surface area (Å²) in [6, 6.07) is 57.0. The zero-order valence-corrected chi connectivity index (χ0v) is 27.3. The molecule has 1 aliphatic carbocycles. The van der Waals surface area contributed by atoms with Gasteiger partial charge in [-0.25, -0.2) is 0 Å². The van der Waals surface area contributed by atoms with Crippen molar-refractivity contribution in [2.24, 2.45) is 0 Å². The van der Waals surface area contributed by atoms with Crippen molar-refractivity contribution in [1.82, 2.24) is 0 Å². The SMILES string of the molecule is CC1(C)CCC(C)(C)c2cc(N(c3ccccc3)c3ccccc3-c3cccc(N(c4ccccc4)c4ccccc4)c3)ccc21. The molecule has 6 aromatic rings. The van der Waals surface area contributed by atoms with Crippen molar-refractivity contribution in [3.63, 3.8) is 0 Å². The molecule has 0 aromatic heterocycles. The maximum absolute atomic E-state index is 2.46. The fourth-order valence-corrected chi connectivity index (χ4v) is 7.05. The van der Waals surface area contributed by atoms with Gasteiger partial charge in [0.15, 0.2) is 0 Å². The molecule has 2 heteroatoms. The Labute approximate surface area is 274 Å². The van der Waals surface area contributed by atoms with Gasteiger partial charge < -0.3 is 9.80 Å². The van der Waals surface area contributed by atoms with Gasteiger partial charge in [-0.2, -0.15) is 0 Å². The van der Waals surface area contributed by atoms with Gasteiger partial charge in [0.2, 0.25) is 0 Å². The molecule has 2 nitrogen and oxygen atoms in total. The summed E-state index contributed by atoms with van der Waals surface area (Å²) in [7, 11) is 0. The van der Waals surface area contributed by atoms with Crippen LogP contribution in [0.1, 0.15) is 51.7 Å². The van der Waals surface area contributed by atoms with Crippen LogP contribution in [0.4, 0.5) is 34.1 Å². The molecule has 46 heavy (non-hydrogen) atoms. The van der Waals surface area contributed by atoms with Crippen LogP contribution in [0.5, 0.6) is 0 Å². The molecule has 0 saturated heterocycles. The Balaban J connectivity index is 1.39. The summed E-state index contributed by atoms with van der Waals surface area (Å²) in [6.07, 6.45) is 2.39. The van der Waals surface area contributed by atoms with E-state index >= 15 is 0 Å². The molecule has 228 valence electrons. The summed E-state index contributed by atoms with van der Waals surface area (Å²) in [5, 5.41) is 0. The minimum absolute atomic E-state index is 0.120. The van der Waals surface area contributed by atoms with Crippen molar-refractivity contribution in [2.45, 2.75) is 51.4 Å². The molecule has 0 fully saturated rings. The highest BCUT2D eigenvalue weighted by Crippen LogP contribution is 2.49. The molecule has 0 saturated carbocycles. The van der Waals surface area contributed by atoms with Gasteiger partial charge in [0.25, 0.3) is 0 Å². The lowest BCUT2D eigenvalue weighted by atomic mass is 9.63. The highest BCUT2D eigenvalue weighted by Gasteiger charge is 2.37. The Bertz CT molecular complexity index is 1900. The molecule has 0 spiro atoms. The number of hydrogen-bond donors (Lipinski definition) is 0. The van der Waals surface area contributed by atoms with E-state index in [0.29, 0.717) is 0 Å². The molecular formula is C44H42N2. The maximum atomic E-state index is 2.46. The Hall–Kier alpha value is -5.08. The second-order valence-electron chi connectivity index (χ2n) is 13.7. The molecule has 0 aliphatic heterocycles. The van der Waals surface area contributed by atoms with Crippen molar-refractivity contribution in [2.75, 3.05) is 9.80 Å². The molecule has 6 aromatic carbocycles. The van der Waals surface area contributed by atoms with Crippen LogP contribution in [0.25, 0.3) is 11.1 Å². The Morgan fingerprint density at radius 3 is 1.48 bits per heavy atom. The van der Waals surface area contributed by atoms with E-state index in [4.69, 9.17) is 0 Å². The van der Waals surface area contributed by atoms with Crippen molar-refractivity contribution in [3.05, 3.63) is 169 Å². The zero-order chi connectivity index (χ0) is 31.7. The molecule has 0 heterocycles. The van der Waals surface area contributed by atoms with E-state index in [2.05, 4.69) is 195 Å². The summed E-state index contributed by atoms with van der Waals surface area (Å²) in [4.78, 5) is 4.76. The van der Waals surface area contributed by atoms with Crippen molar-refractivity contribution in [1.29, 1.82) is 0 Å². The van der Waals surface area contributed by atoms with Crippen LogP contribution in [-0.2, 0) is 10.8 Å². The first-order valence-corrected chi connectivity index (χ1v) is 16.4. The smallest absolute Gasteiger partial charge is 0.0540 e. The number of rotatable bonds is 7. The first-order chi connectivity index (χ1) is 22.3. The first-order valence-electron chi connectivity index (χ1n) is 16.4. The maximum Gasteiger partial charge on any atom is 0.0540 e. The van der Waals surface area contributed by atoms with Gasteiger partial charge >= 0.3 is 0 Å². The molecule has 0 atom stereocenters. The van der Waals surface area contributed by atoms with E-state index in [-0.39, 0.29) is 10.8 Å². The van der Waals surface area contributed by atoms with Gasteiger partial charge in [-0.15, -0.1) is 0 Å². The van der Waals surface area contributed by atoms with Gasteiger partial charge in [-0.05, 0) is 107 Å². The van der Waals surface area contributed by atoms with Crippen LogP contribution in [0.2, 0.25) is 0 Å². The molecule has 0 amide bonds. The standard InChI is InChI=1S/C44H42N2/c1-43(2)29-30-44(3,4)41-32-38(27-28-40(41)43)46(36-22-12-7-13-23-36)42-26-15-14-25-39(42)33-17-16-24-37(31-33)45(34-18-8-5-9-19-34)35-20-10-6-11-21-35/h5-28,31-32H,29-30H2,1-4H3. The highest BCUT2D eigenvalue weighted by molar-refractivity contribution is 5.90. The summed E-state index contributed by atoms with van der Waals surface area (Å²) in [6.45, 7) is 9.60. The van der Waals surface area contributed by atoms with Gasteiger partial charge in [0.05, 0.1) is 5.69 Å². The summed E-state index contributed by atoms with van der Waals surface area (Å²) in [5.74, 6) is 0. The normalized spacial score (nSPS) is 14.7. The van der Waals surface area contributed by atoms with E-state index in [9.17, 15) is 0 Å². The number of nitrogens with zero attached hydrogens (tertiary/aromatic N) is 2. The monoisotopic (exact) mass is 598 g/mol. The molecule has 7 rings (SSSR count). The van der Waals surface area contributed by atoms with E-state index in [0.717, 1.165) is 28.4 Å².